The topological polar surface area (TPSA) is 45.9 Å². The van der Waals surface area contributed by atoms with Gasteiger partial charge in [-0.2, -0.15) is 5.26 Å². The van der Waals surface area contributed by atoms with Gasteiger partial charge in [0.05, 0.1) is 19.6 Å². The van der Waals surface area contributed by atoms with Gasteiger partial charge in [0, 0.05) is 23.0 Å². The van der Waals surface area contributed by atoms with Gasteiger partial charge in [0.25, 0.3) is 0 Å². The minimum Gasteiger partial charge on any atom is -0.496 e. The van der Waals surface area contributed by atoms with E-state index in [4.69, 9.17) is 10.00 Å². The normalized spacial score (nSPS) is 9.38. The molecule has 0 saturated carbocycles. The molecule has 0 fully saturated rings. The zero-order valence-electron chi connectivity index (χ0n) is 8.09. The van der Waals surface area contributed by atoms with Crippen LogP contribution in [0.5, 0.6) is 5.75 Å². The Bertz CT molecular complexity index is 353. The molecule has 1 heterocycles. The van der Waals surface area contributed by atoms with Crippen LogP contribution in [0, 0.1) is 25.2 Å². The van der Waals surface area contributed by atoms with Crippen molar-refractivity contribution in [1.29, 1.82) is 5.26 Å². The van der Waals surface area contributed by atoms with E-state index in [1.807, 2.05) is 19.9 Å². The van der Waals surface area contributed by atoms with Gasteiger partial charge in [-0.05, 0) is 13.8 Å². The summed E-state index contributed by atoms with van der Waals surface area (Å²) in [5.41, 5.74) is 2.67. The maximum absolute atomic E-state index is 8.60. The van der Waals surface area contributed by atoms with Crippen molar-refractivity contribution in [3.8, 4) is 11.8 Å². The highest BCUT2D eigenvalue weighted by Gasteiger charge is 2.07. The summed E-state index contributed by atoms with van der Waals surface area (Å²) < 4.78 is 5.17. The summed E-state index contributed by atoms with van der Waals surface area (Å²) >= 11 is 0. The molecule has 13 heavy (non-hydrogen) atoms. The number of rotatable bonds is 2. The first-order chi connectivity index (χ1) is 6.19. The van der Waals surface area contributed by atoms with Gasteiger partial charge < -0.3 is 4.74 Å². The predicted octanol–water partition coefficient (Wildman–Crippen LogP) is 1.77. The molecule has 0 aliphatic rings. The van der Waals surface area contributed by atoms with E-state index in [-0.39, 0.29) is 0 Å². The number of nitriles is 1. The monoisotopic (exact) mass is 176 g/mol. The van der Waals surface area contributed by atoms with Crippen LogP contribution in [-0.4, -0.2) is 12.1 Å². The van der Waals surface area contributed by atoms with Crippen LogP contribution in [0.25, 0.3) is 0 Å². The third-order valence-electron chi connectivity index (χ3n) is 1.89. The molecule has 3 nitrogen and oxygen atoms in total. The first-order valence-corrected chi connectivity index (χ1v) is 4.07. The molecule has 1 aromatic heterocycles. The molecule has 0 unspecified atom stereocenters. The summed E-state index contributed by atoms with van der Waals surface area (Å²) in [6, 6.07) is 3.95. The van der Waals surface area contributed by atoms with Gasteiger partial charge in [0.1, 0.15) is 5.75 Å². The maximum atomic E-state index is 8.60. The van der Waals surface area contributed by atoms with Crippen LogP contribution in [0.1, 0.15) is 17.0 Å². The predicted molar refractivity (Wildman–Crippen MR) is 49.6 cm³/mol. The zero-order valence-corrected chi connectivity index (χ0v) is 8.09. The number of ether oxygens (including phenoxy) is 1. The van der Waals surface area contributed by atoms with Gasteiger partial charge in [-0.1, -0.05) is 0 Å². The molecule has 1 aromatic rings. The largest absolute Gasteiger partial charge is 0.496 e. The number of hydrogen-bond acceptors (Lipinski definition) is 3. The summed E-state index contributed by atoms with van der Waals surface area (Å²) in [7, 11) is 1.61. The van der Waals surface area contributed by atoms with Crippen LogP contribution in [0.15, 0.2) is 6.07 Å². The van der Waals surface area contributed by atoms with Gasteiger partial charge in [-0.25, -0.2) is 0 Å². The first kappa shape index (κ1) is 9.53. The third kappa shape index (κ3) is 1.97. The van der Waals surface area contributed by atoms with Gasteiger partial charge in [0.15, 0.2) is 0 Å². The summed E-state index contributed by atoms with van der Waals surface area (Å²) in [4.78, 5) is 4.27. The Morgan fingerprint density at radius 1 is 1.54 bits per heavy atom. The Kier molecular flexibility index (Phi) is 2.86. The van der Waals surface area contributed by atoms with E-state index in [1.54, 1.807) is 7.11 Å². The van der Waals surface area contributed by atoms with Crippen LogP contribution < -0.4 is 4.74 Å². The molecule has 1 rings (SSSR count). The lowest BCUT2D eigenvalue weighted by molar-refractivity contribution is 0.409. The standard InChI is InChI=1S/C10H12N2O/c1-7-6-10(13-3)9(4-5-11)8(2)12-7/h6H,4H2,1-3H3. The van der Waals surface area contributed by atoms with E-state index in [0.717, 1.165) is 22.7 Å². The van der Waals surface area contributed by atoms with E-state index < -0.39 is 0 Å². The molecule has 0 radical (unpaired) electrons. The molecule has 0 bridgehead atoms. The Labute approximate surface area is 78.0 Å². The van der Waals surface area contributed by atoms with Crippen molar-refractivity contribution in [2.75, 3.05) is 7.11 Å². The molecular formula is C10H12N2O. The average molecular weight is 176 g/mol. The number of pyridine rings is 1. The summed E-state index contributed by atoms with van der Waals surface area (Å²) in [5.74, 6) is 0.756. The Hall–Kier alpha value is -1.56. The van der Waals surface area contributed by atoms with Crippen molar-refractivity contribution in [2.45, 2.75) is 20.3 Å². The second-order valence-electron chi connectivity index (χ2n) is 2.86. The van der Waals surface area contributed by atoms with E-state index in [2.05, 4.69) is 11.1 Å². The molecule has 3 heteroatoms. The van der Waals surface area contributed by atoms with Crippen molar-refractivity contribution in [1.82, 2.24) is 4.98 Å². The highest BCUT2D eigenvalue weighted by atomic mass is 16.5. The molecular weight excluding hydrogens is 164 g/mol. The molecule has 68 valence electrons. The second kappa shape index (κ2) is 3.90. The van der Waals surface area contributed by atoms with Crippen molar-refractivity contribution in [3.05, 3.63) is 23.0 Å². The van der Waals surface area contributed by atoms with Crippen LogP contribution in [0.2, 0.25) is 0 Å². The van der Waals surface area contributed by atoms with E-state index in [0.29, 0.717) is 6.42 Å². The van der Waals surface area contributed by atoms with Crippen LogP contribution in [0.4, 0.5) is 0 Å². The molecule has 0 amide bonds. The van der Waals surface area contributed by atoms with Crippen LogP contribution >= 0.6 is 0 Å². The molecule has 0 aliphatic carbocycles. The van der Waals surface area contributed by atoms with Crippen molar-refractivity contribution in [2.24, 2.45) is 0 Å². The van der Waals surface area contributed by atoms with Gasteiger partial charge in [0.2, 0.25) is 0 Å². The summed E-state index contributed by atoms with van der Waals surface area (Å²) in [6.07, 6.45) is 0.349. The summed E-state index contributed by atoms with van der Waals surface area (Å²) in [6.45, 7) is 3.80. The molecule has 0 aromatic carbocycles. The first-order valence-electron chi connectivity index (χ1n) is 4.07. The van der Waals surface area contributed by atoms with Crippen LogP contribution in [-0.2, 0) is 6.42 Å². The highest BCUT2D eigenvalue weighted by molar-refractivity contribution is 5.39. The molecule has 0 spiro atoms. The van der Waals surface area contributed by atoms with E-state index in [1.165, 1.54) is 0 Å². The highest BCUT2D eigenvalue weighted by Crippen LogP contribution is 2.21. The Balaban J connectivity index is 3.23. The van der Waals surface area contributed by atoms with E-state index >= 15 is 0 Å². The molecule has 0 atom stereocenters. The third-order valence-corrected chi connectivity index (χ3v) is 1.89. The number of aryl methyl sites for hydroxylation is 2. The number of aromatic nitrogens is 1. The Morgan fingerprint density at radius 2 is 2.23 bits per heavy atom. The molecule has 0 aliphatic heterocycles. The average Bonchev–Trinajstić information content (AvgIpc) is 2.09. The fraction of sp³-hybridized carbons (Fsp3) is 0.400. The lowest BCUT2D eigenvalue weighted by Crippen LogP contribution is -1.98. The second-order valence-corrected chi connectivity index (χ2v) is 2.86. The Morgan fingerprint density at radius 3 is 2.77 bits per heavy atom. The SMILES string of the molecule is COc1cc(C)nc(C)c1CC#N. The fourth-order valence-electron chi connectivity index (χ4n) is 1.30. The molecule has 0 saturated heterocycles. The lowest BCUT2D eigenvalue weighted by Gasteiger charge is -2.08. The van der Waals surface area contributed by atoms with Crippen molar-refractivity contribution in [3.63, 3.8) is 0 Å². The number of hydrogen-bond donors (Lipinski definition) is 0. The van der Waals surface area contributed by atoms with Crippen molar-refractivity contribution >= 4 is 0 Å². The van der Waals surface area contributed by atoms with Gasteiger partial charge in [-0.3, -0.25) is 4.98 Å². The van der Waals surface area contributed by atoms with Crippen molar-refractivity contribution < 1.29 is 4.74 Å². The smallest absolute Gasteiger partial charge is 0.126 e. The van der Waals surface area contributed by atoms with Gasteiger partial charge >= 0.3 is 0 Å². The lowest BCUT2D eigenvalue weighted by atomic mass is 10.1. The fourth-order valence-corrected chi connectivity index (χ4v) is 1.30. The maximum Gasteiger partial charge on any atom is 0.126 e. The number of nitrogens with zero attached hydrogens (tertiary/aromatic N) is 2. The minimum atomic E-state index is 0.349. The van der Waals surface area contributed by atoms with E-state index in [9.17, 15) is 0 Å². The van der Waals surface area contributed by atoms with Gasteiger partial charge in [-0.15, -0.1) is 0 Å². The number of methoxy groups -OCH3 is 1. The zero-order chi connectivity index (χ0) is 9.84. The quantitative estimate of drug-likeness (QED) is 0.689. The molecule has 0 N–H and O–H groups in total. The summed E-state index contributed by atoms with van der Waals surface area (Å²) in [5, 5.41) is 8.60. The van der Waals surface area contributed by atoms with Crippen LogP contribution in [0.3, 0.4) is 0 Å². The minimum absolute atomic E-state index is 0.349.